The van der Waals surface area contributed by atoms with Crippen LogP contribution in [0.4, 0.5) is 0 Å². The molecule has 0 amide bonds. The van der Waals surface area contributed by atoms with Gasteiger partial charge in [-0.05, 0) is 72.0 Å². The molecule has 122 valence electrons. The fourth-order valence-electron chi connectivity index (χ4n) is 1.93. The minimum Gasteiger partial charge on any atom is -0.484 e. The van der Waals surface area contributed by atoms with Gasteiger partial charge in [0, 0.05) is 3.57 Å². The third kappa shape index (κ3) is 4.31. The molecular weight excluding hydrogens is 423 g/mol. The summed E-state index contributed by atoms with van der Waals surface area (Å²) >= 11 is 2.15. The Balaban J connectivity index is 1.59. The molecule has 0 aliphatic heterocycles. The number of esters is 1. The van der Waals surface area contributed by atoms with Crippen LogP contribution in [0.2, 0.25) is 0 Å². The summed E-state index contributed by atoms with van der Waals surface area (Å²) in [6.07, 6.45) is 0. The fraction of sp³-hybridized carbons (Fsp3) is 0.118. The van der Waals surface area contributed by atoms with Crippen molar-refractivity contribution in [3.05, 3.63) is 69.4 Å². The Labute approximate surface area is 151 Å². The molecule has 0 radical (unpaired) electrons. The number of hydrogen-bond acceptors (Lipinski definition) is 6. The maximum absolute atomic E-state index is 12.1. The quantitative estimate of drug-likeness (QED) is 0.344. The van der Waals surface area contributed by atoms with Crippen LogP contribution in [0, 0.1) is 10.5 Å². The Kier molecular flexibility index (Phi) is 5.09. The average Bonchev–Trinajstić information content (AvgIpc) is 3.00. The molecule has 2 aromatic carbocycles. The van der Waals surface area contributed by atoms with E-state index in [4.69, 9.17) is 14.0 Å². The molecule has 0 spiro atoms. The molecule has 0 saturated carbocycles. The molecule has 0 saturated heterocycles. The highest BCUT2D eigenvalue weighted by Gasteiger charge is 2.09. The second-order valence-electron chi connectivity index (χ2n) is 4.90. The molecule has 0 fully saturated rings. The number of halogens is 1. The predicted molar refractivity (Wildman–Crippen MR) is 93.9 cm³/mol. The fourth-order valence-corrected chi connectivity index (χ4v) is 2.47. The Hall–Kier alpha value is -2.42. The summed E-state index contributed by atoms with van der Waals surface area (Å²) in [6.45, 7) is 1.92. The number of hydrogen-bond donors (Lipinski definition) is 0. The molecule has 0 N–H and O–H groups in total. The molecule has 0 unspecified atom stereocenters. The monoisotopic (exact) mass is 436 g/mol. The Morgan fingerprint density at radius 3 is 2.58 bits per heavy atom. The first-order valence-corrected chi connectivity index (χ1v) is 8.18. The van der Waals surface area contributed by atoms with Gasteiger partial charge < -0.3 is 14.0 Å². The van der Waals surface area contributed by atoms with Crippen LogP contribution in [-0.4, -0.2) is 16.1 Å². The first kappa shape index (κ1) is 16.4. The Bertz CT molecular complexity index is 846. The van der Waals surface area contributed by atoms with Crippen molar-refractivity contribution in [1.82, 2.24) is 10.1 Å². The van der Waals surface area contributed by atoms with E-state index >= 15 is 0 Å². The Morgan fingerprint density at radius 2 is 1.92 bits per heavy atom. The van der Waals surface area contributed by atoms with E-state index in [1.54, 1.807) is 43.3 Å². The highest BCUT2D eigenvalue weighted by Crippen LogP contribution is 2.20. The first-order valence-electron chi connectivity index (χ1n) is 7.10. The van der Waals surface area contributed by atoms with Gasteiger partial charge in [0.2, 0.25) is 0 Å². The zero-order valence-corrected chi connectivity index (χ0v) is 14.9. The van der Waals surface area contributed by atoms with Gasteiger partial charge in [-0.25, -0.2) is 4.79 Å². The molecule has 0 aliphatic rings. The van der Waals surface area contributed by atoms with E-state index < -0.39 is 5.97 Å². The lowest BCUT2D eigenvalue weighted by atomic mass is 10.2. The van der Waals surface area contributed by atoms with Crippen molar-refractivity contribution in [1.29, 1.82) is 0 Å². The summed E-state index contributed by atoms with van der Waals surface area (Å²) in [5.41, 5.74) is 0.508. The highest BCUT2D eigenvalue weighted by atomic mass is 127. The van der Waals surface area contributed by atoms with Crippen molar-refractivity contribution in [2.24, 2.45) is 0 Å². The van der Waals surface area contributed by atoms with Crippen molar-refractivity contribution in [3.8, 4) is 11.5 Å². The van der Waals surface area contributed by atoms with Crippen molar-refractivity contribution >= 4 is 28.6 Å². The smallest absolute Gasteiger partial charge is 0.343 e. The van der Waals surface area contributed by atoms with Crippen LogP contribution in [0.25, 0.3) is 0 Å². The van der Waals surface area contributed by atoms with Crippen LogP contribution in [0.5, 0.6) is 11.5 Å². The SMILES string of the molecule is Cc1noc(COc2ccc(OC(=O)c3cccc(I)c3)cc2)n1. The molecule has 1 aromatic heterocycles. The van der Waals surface area contributed by atoms with Gasteiger partial charge in [0.25, 0.3) is 5.89 Å². The van der Waals surface area contributed by atoms with Gasteiger partial charge in [-0.1, -0.05) is 11.2 Å². The molecule has 0 aliphatic carbocycles. The largest absolute Gasteiger partial charge is 0.484 e. The summed E-state index contributed by atoms with van der Waals surface area (Å²) in [6, 6.07) is 14.0. The summed E-state index contributed by atoms with van der Waals surface area (Å²) in [4.78, 5) is 16.1. The average molecular weight is 436 g/mol. The van der Waals surface area contributed by atoms with Gasteiger partial charge in [-0.2, -0.15) is 4.98 Å². The lowest BCUT2D eigenvalue weighted by Crippen LogP contribution is -2.08. The summed E-state index contributed by atoms with van der Waals surface area (Å²) in [7, 11) is 0. The van der Waals surface area contributed by atoms with Gasteiger partial charge in [-0.15, -0.1) is 0 Å². The number of carbonyl (C=O) groups is 1. The van der Waals surface area contributed by atoms with E-state index in [9.17, 15) is 4.79 Å². The number of aryl methyl sites for hydroxylation is 1. The van der Waals surface area contributed by atoms with Crippen LogP contribution in [0.3, 0.4) is 0 Å². The lowest BCUT2D eigenvalue weighted by molar-refractivity contribution is 0.0734. The zero-order valence-electron chi connectivity index (χ0n) is 12.7. The summed E-state index contributed by atoms with van der Waals surface area (Å²) in [5.74, 6) is 1.62. The molecule has 0 atom stereocenters. The van der Waals surface area contributed by atoms with E-state index in [2.05, 4.69) is 32.7 Å². The number of rotatable bonds is 5. The van der Waals surface area contributed by atoms with Gasteiger partial charge in [-0.3, -0.25) is 0 Å². The van der Waals surface area contributed by atoms with Crippen molar-refractivity contribution < 1.29 is 18.8 Å². The molecule has 1 heterocycles. The zero-order chi connectivity index (χ0) is 16.9. The van der Waals surface area contributed by atoms with Gasteiger partial charge in [0.15, 0.2) is 12.4 Å². The van der Waals surface area contributed by atoms with Crippen LogP contribution in [0.15, 0.2) is 53.1 Å². The minimum absolute atomic E-state index is 0.183. The molecule has 6 nitrogen and oxygen atoms in total. The van der Waals surface area contributed by atoms with E-state index in [-0.39, 0.29) is 6.61 Å². The molecule has 24 heavy (non-hydrogen) atoms. The van der Waals surface area contributed by atoms with E-state index in [0.29, 0.717) is 28.8 Å². The van der Waals surface area contributed by atoms with Crippen molar-refractivity contribution in [2.75, 3.05) is 0 Å². The number of ether oxygens (including phenoxy) is 2. The van der Waals surface area contributed by atoms with Crippen LogP contribution < -0.4 is 9.47 Å². The first-order chi connectivity index (χ1) is 11.6. The molecule has 0 bridgehead atoms. The molecular formula is C17H13IN2O4. The number of nitrogens with zero attached hydrogens (tertiary/aromatic N) is 2. The Morgan fingerprint density at radius 1 is 1.17 bits per heavy atom. The molecule has 7 heteroatoms. The van der Waals surface area contributed by atoms with Gasteiger partial charge >= 0.3 is 5.97 Å². The maximum atomic E-state index is 12.1. The lowest BCUT2D eigenvalue weighted by Gasteiger charge is -2.06. The molecule has 3 aromatic rings. The summed E-state index contributed by atoms with van der Waals surface area (Å²) in [5, 5.41) is 3.69. The van der Waals surface area contributed by atoms with Crippen LogP contribution in [0.1, 0.15) is 22.1 Å². The normalized spacial score (nSPS) is 10.4. The van der Waals surface area contributed by atoms with Crippen LogP contribution in [-0.2, 0) is 6.61 Å². The second kappa shape index (κ2) is 7.43. The third-order valence-corrected chi connectivity index (χ3v) is 3.70. The molecule has 3 rings (SSSR count). The third-order valence-electron chi connectivity index (χ3n) is 3.03. The van der Waals surface area contributed by atoms with E-state index in [0.717, 1.165) is 3.57 Å². The van der Waals surface area contributed by atoms with Crippen molar-refractivity contribution in [2.45, 2.75) is 13.5 Å². The highest BCUT2D eigenvalue weighted by molar-refractivity contribution is 14.1. The minimum atomic E-state index is -0.400. The predicted octanol–water partition coefficient (Wildman–Crippen LogP) is 3.78. The summed E-state index contributed by atoms with van der Waals surface area (Å²) < 4.78 is 16.8. The standard InChI is InChI=1S/C17H13IN2O4/c1-11-19-16(24-20-11)10-22-14-5-7-15(8-6-14)23-17(21)12-3-2-4-13(18)9-12/h2-9H,10H2,1H3. The maximum Gasteiger partial charge on any atom is 0.343 e. The van der Waals surface area contributed by atoms with Crippen molar-refractivity contribution in [3.63, 3.8) is 0 Å². The van der Waals surface area contributed by atoms with Gasteiger partial charge in [0.05, 0.1) is 5.56 Å². The van der Waals surface area contributed by atoms with E-state index in [1.807, 2.05) is 12.1 Å². The number of benzene rings is 2. The van der Waals surface area contributed by atoms with Gasteiger partial charge in [0.1, 0.15) is 11.5 Å². The number of carbonyl (C=O) groups excluding carboxylic acids is 1. The van der Waals surface area contributed by atoms with E-state index in [1.165, 1.54) is 0 Å². The second-order valence-corrected chi connectivity index (χ2v) is 6.14. The number of aromatic nitrogens is 2. The topological polar surface area (TPSA) is 74.5 Å². The van der Waals surface area contributed by atoms with Crippen LogP contribution >= 0.6 is 22.6 Å².